The Hall–Kier alpha value is -2.09. The van der Waals surface area contributed by atoms with Gasteiger partial charge in [-0.15, -0.1) is 5.10 Å². The SMILES string of the molecule is CCOc1cc(C(=O)O)cc(Br)c1OCc1cn(C)nn1. The average molecular weight is 356 g/mol. The number of ether oxygens (including phenoxy) is 2. The van der Waals surface area contributed by atoms with Crippen molar-refractivity contribution in [2.75, 3.05) is 6.61 Å². The van der Waals surface area contributed by atoms with E-state index in [9.17, 15) is 4.79 Å². The summed E-state index contributed by atoms with van der Waals surface area (Å²) < 4.78 is 13.2. The first-order valence-corrected chi connectivity index (χ1v) is 6.98. The van der Waals surface area contributed by atoms with E-state index in [4.69, 9.17) is 14.6 Å². The first kappa shape index (κ1) is 15.3. The van der Waals surface area contributed by atoms with Gasteiger partial charge in [0.1, 0.15) is 12.3 Å². The minimum Gasteiger partial charge on any atom is -0.490 e. The molecule has 21 heavy (non-hydrogen) atoms. The van der Waals surface area contributed by atoms with E-state index >= 15 is 0 Å². The molecule has 0 radical (unpaired) electrons. The van der Waals surface area contributed by atoms with Gasteiger partial charge in [-0.3, -0.25) is 4.68 Å². The van der Waals surface area contributed by atoms with Crippen molar-refractivity contribution in [3.63, 3.8) is 0 Å². The van der Waals surface area contributed by atoms with Crippen LogP contribution >= 0.6 is 15.9 Å². The normalized spacial score (nSPS) is 10.4. The molecule has 1 aromatic carbocycles. The Bertz CT molecular complexity index is 657. The number of carbonyl (C=O) groups is 1. The molecule has 2 rings (SSSR count). The van der Waals surface area contributed by atoms with Crippen LogP contribution in [0.2, 0.25) is 0 Å². The molecule has 0 bridgehead atoms. The Morgan fingerprint density at radius 1 is 1.43 bits per heavy atom. The summed E-state index contributed by atoms with van der Waals surface area (Å²) >= 11 is 3.31. The first-order valence-electron chi connectivity index (χ1n) is 6.19. The summed E-state index contributed by atoms with van der Waals surface area (Å²) in [6.07, 6.45) is 1.74. The highest BCUT2D eigenvalue weighted by atomic mass is 79.9. The number of carboxylic acids is 1. The zero-order valence-electron chi connectivity index (χ0n) is 11.5. The van der Waals surface area contributed by atoms with Gasteiger partial charge in [0, 0.05) is 7.05 Å². The van der Waals surface area contributed by atoms with Crippen LogP contribution in [0.25, 0.3) is 0 Å². The van der Waals surface area contributed by atoms with E-state index in [-0.39, 0.29) is 12.2 Å². The lowest BCUT2D eigenvalue weighted by Crippen LogP contribution is -2.04. The molecular weight excluding hydrogens is 342 g/mol. The Morgan fingerprint density at radius 2 is 2.19 bits per heavy atom. The van der Waals surface area contributed by atoms with Gasteiger partial charge in [0.05, 0.1) is 22.8 Å². The zero-order chi connectivity index (χ0) is 15.4. The van der Waals surface area contributed by atoms with Crippen molar-refractivity contribution in [1.82, 2.24) is 15.0 Å². The smallest absolute Gasteiger partial charge is 0.335 e. The third-order valence-corrected chi connectivity index (χ3v) is 3.16. The van der Waals surface area contributed by atoms with E-state index < -0.39 is 5.97 Å². The number of carboxylic acid groups (broad SMARTS) is 1. The summed E-state index contributed by atoms with van der Waals surface area (Å²) in [4.78, 5) is 11.1. The van der Waals surface area contributed by atoms with Gasteiger partial charge in [-0.05, 0) is 35.0 Å². The molecule has 0 atom stereocenters. The highest BCUT2D eigenvalue weighted by Gasteiger charge is 2.16. The lowest BCUT2D eigenvalue weighted by molar-refractivity contribution is 0.0696. The quantitative estimate of drug-likeness (QED) is 0.854. The summed E-state index contributed by atoms with van der Waals surface area (Å²) in [5, 5.41) is 16.8. The van der Waals surface area contributed by atoms with Crippen LogP contribution in [0.15, 0.2) is 22.8 Å². The van der Waals surface area contributed by atoms with Crippen molar-refractivity contribution in [2.45, 2.75) is 13.5 Å². The molecule has 0 aliphatic rings. The third kappa shape index (κ3) is 3.72. The van der Waals surface area contributed by atoms with Gasteiger partial charge in [0.2, 0.25) is 0 Å². The van der Waals surface area contributed by atoms with Gasteiger partial charge in [0.15, 0.2) is 11.5 Å². The van der Waals surface area contributed by atoms with Crippen LogP contribution in [0.3, 0.4) is 0 Å². The standard InChI is InChI=1S/C13H14BrN3O4/c1-3-20-11-5-8(13(18)19)4-10(14)12(11)21-7-9-6-17(2)16-15-9/h4-6H,3,7H2,1-2H3,(H,18,19). The predicted molar refractivity (Wildman–Crippen MR) is 77.6 cm³/mol. The van der Waals surface area contributed by atoms with Gasteiger partial charge in [-0.1, -0.05) is 5.21 Å². The summed E-state index contributed by atoms with van der Waals surface area (Å²) in [6.45, 7) is 2.42. The molecule has 0 saturated carbocycles. The largest absolute Gasteiger partial charge is 0.490 e. The maximum atomic E-state index is 11.1. The van der Waals surface area contributed by atoms with Gasteiger partial charge < -0.3 is 14.6 Å². The molecule has 1 N–H and O–H groups in total. The third-order valence-electron chi connectivity index (χ3n) is 2.57. The van der Waals surface area contributed by atoms with Crippen LogP contribution in [-0.2, 0) is 13.7 Å². The summed E-state index contributed by atoms with van der Waals surface area (Å²) in [5.41, 5.74) is 0.784. The maximum absolute atomic E-state index is 11.1. The van der Waals surface area contributed by atoms with E-state index in [0.717, 1.165) is 0 Å². The molecule has 7 nitrogen and oxygen atoms in total. The maximum Gasteiger partial charge on any atom is 0.335 e. The molecule has 2 aromatic rings. The molecule has 0 amide bonds. The van der Waals surface area contributed by atoms with Crippen LogP contribution in [0, 0.1) is 0 Å². The fourth-order valence-corrected chi connectivity index (χ4v) is 2.26. The summed E-state index contributed by atoms with van der Waals surface area (Å²) in [6, 6.07) is 2.90. The summed E-state index contributed by atoms with van der Waals surface area (Å²) in [7, 11) is 1.76. The predicted octanol–water partition coefficient (Wildman–Crippen LogP) is 2.25. The number of nitrogens with zero attached hydrogens (tertiary/aromatic N) is 3. The van der Waals surface area contributed by atoms with E-state index in [0.29, 0.717) is 28.3 Å². The fourth-order valence-electron chi connectivity index (χ4n) is 1.70. The molecule has 1 aromatic heterocycles. The second-order valence-electron chi connectivity index (χ2n) is 4.20. The van der Waals surface area contributed by atoms with Crippen LogP contribution in [0.5, 0.6) is 11.5 Å². The van der Waals surface area contributed by atoms with Crippen LogP contribution < -0.4 is 9.47 Å². The minimum atomic E-state index is -1.03. The minimum absolute atomic E-state index is 0.122. The zero-order valence-corrected chi connectivity index (χ0v) is 13.1. The van der Waals surface area contributed by atoms with Crippen molar-refractivity contribution < 1.29 is 19.4 Å². The molecule has 0 fully saturated rings. The van der Waals surface area contributed by atoms with Crippen molar-refractivity contribution in [3.05, 3.63) is 34.1 Å². The van der Waals surface area contributed by atoms with Crippen LogP contribution in [0.4, 0.5) is 0 Å². The van der Waals surface area contributed by atoms with Gasteiger partial charge in [0.25, 0.3) is 0 Å². The second-order valence-corrected chi connectivity index (χ2v) is 5.05. The molecular formula is C13H14BrN3O4. The Kier molecular flexibility index (Phi) is 4.79. The molecule has 0 saturated heterocycles. The van der Waals surface area contributed by atoms with Gasteiger partial charge >= 0.3 is 5.97 Å². The number of aryl methyl sites for hydroxylation is 1. The van der Waals surface area contributed by atoms with Crippen molar-refractivity contribution in [1.29, 1.82) is 0 Å². The van der Waals surface area contributed by atoms with Crippen molar-refractivity contribution >= 4 is 21.9 Å². The molecule has 0 spiro atoms. The molecule has 8 heteroatoms. The number of hydrogen-bond donors (Lipinski definition) is 1. The van der Waals surface area contributed by atoms with E-state index in [1.807, 2.05) is 6.92 Å². The Balaban J connectivity index is 2.26. The van der Waals surface area contributed by atoms with Gasteiger partial charge in [-0.25, -0.2) is 4.79 Å². The summed E-state index contributed by atoms with van der Waals surface area (Å²) in [5.74, 6) is -0.224. The van der Waals surface area contributed by atoms with Crippen LogP contribution in [-0.4, -0.2) is 32.7 Å². The lowest BCUT2D eigenvalue weighted by atomic mass is 10.2. The molecule has 1 heterocycles. The first-order chi connectivity index (χ1) is 10.0. The lowest BCUT2D eigenvalue weighted by Gasteiger charge is -2.13. The number of aromatic carboxylic acids is 1. The second kappa shape index (κ2) is 6.57. The van der Waals surface area contributed by atoms with E-state index in [1.165, 1.54) is 12.1 Å². The van der Waals surface area contributed by atoms with Crippen molar-refractivity contribution in [3.8, 4) is 11.5 Å². The van der Waals surface area contributed by atoms with E-state index in [2.05, 4.69) is 26.2 Å². The molecule has 0 aliphatic heterocycles. The van der Waals surface area contributed by atoms with Gasteiger partial charge in [-0.2, -0.15) is 0 Å². The number of benzene rings is 1. The Labute approximate surface area is 129 Å². The number of halogens is 1. The highest BCUT2D eigenvalue weighted by molar-refractivity contribution is 9.10. The monoisotopic (exact) mass is 355 g/mol. The Morgan fingerprint density at radius 3 is 2.76 bits per heavy atom. The highest BCUT2D eigenvalue weighted by Crippen LogP contribution is 2.37. The van der Waals surface area contributed by atoms with Crippen molar-refractivity contribution in [2.24, 2.45) is 7.05 Å². The fraction of sp³-hybridized carbons (Fsp3) is 0.308. The number of rotatable bonds is 6. The topological polar surface area (TPSA) is 86.5 Å². The van der Waals surface area contributed by atoms with Crippen LogP contribution in [0.1, 0.15) is 23.0 Å². The number of hydrogen-bond acceptors (Lipinski definition) is 5. The van der Waals surface area contributed by atoms with E-state index in [1.54, 1.807) is 17.9 Å². The average Bonchev–Trinajstić information content (AvgIpc) is 2.83. The molecule has 112 valence electrons. The molecule has 0 aliphatic carbocycles. The molecule has 0 unspecified atom stereocenters. The number of aromatic nitrogens is 3.